The number of rotatable bonds is 3. The highest BCUT2D eigenvalue weighted by Gasteiger charge is 2.21. The molecule has 20 heavy (non-hydrogen) atoms. The summed E-state index contributed by atoms with van der Waals surface area (Å²) >= 11 is 0. The molecule has 0 unspecified atom stereocenters. The Morgan fingerprint density at radius 1 is 1.20 bits per heavy atom. The summed E-state index contributed by atoms with van der Waals surface area (Å²) in [6.07, 6.45) is 0. The lowest BCUT2D eigenvalue weighted by molar-refractivity contribution is 0.256. The summed E-state index contributed by atoms with van der Waals surface area (Å²) in [4.78, 5) is 12.5. The first-order valence-electron chi connectivity index (χ1n) is 5.72. The summed E-state index contributed by atoms with van der Waals surface area (Å²) in [5.41, 5.74) is 5.29. The van der Waals surface area contributed by atoms with Crippen LogP contribution in [0.25, 0.3) is 0 Å². The monoisotopic (exact) mass is 278 g/mol. The number of amides is 2. The van der Waals surface area contributed by atoms with Gasteiger partial charge < -0.3 is 10.5 Å². The van der Waals surface area contributed by atoms with E-state index < -0.39 is 17.7 Å². The number of carbonyl (C=O) groups is 1. The van der Waals surface area contributed by atoms with E-state index in [2.05, 4.69) is 0 Å². The average Bonchev–Trinajstić information content (AvgIpc) is 2.44. The van der Waals surface area contributed by atoms with Gasteiger partial charge in [0.05, 0.1) is 18.5 Å². The van der Waals surface area contributed by atoms with Gasteiger partial charge in [-0.15, -0.1) is 0 Å². The number of nitrogens with two attached hydrogens (primary N) is 1. The van der Waals surface area contributed by atoms with E-state index in [0.29, 0.717) is 5.75 Å². The summed E-state index contributed by atoms with van der Waals surface area (Å²) in [5, 5.41) is 0. The van der Waals surface area contributed by atoms with Crippen molar-refractivity contribution in [2.24, 2.45) is 5.73 Å². The predicted octanol–water partition coefficient (Wildman–Crippen LogP) is 3.19. The van der Waals surface area contributed by atoms with Crippen LogP contribution >= 0.6 is 0 Å². The van der Waals surface area contributed by atoms with E-state index in [0.717, 1.165) is 11.0 Å². The SMILES string of the molecule is COc1cccc(N(C(N)=O)c2cccc(F)c2F)c1. The minimum absolute atomic E-state index is 0.259. The third-order valence-corrected chi connectivity index (χ3v) is 2.70. The van der Waals surface area contributed by atoms with Crippen molar-refractivity contribution in [1.82, 2.24) is 0 Å². The van der Waals surface area contributed by atoms with Gasteiger partial charge in [-0.2, -0.15) is 0 Å². The number of primary amides is 1. The van der Waals surface area contributed by atoms with Crippen molar-refractivity contribution in [3.8, 4) is 5.75 Å². The molecule has 0 atom stereocenters. The van der Waals surface area contributed by atoms with Crippen LogP contribution in [-0.4, -0.2) is 13.1 Å². The number of nitrogens with zero attached hydrogens (tertiary/aromatic N) is 1. The molecule has 0 bridgehead atoms. The van der Waals surface area contributed by atoms with Gasteiger partial charge in [-0.1, -0.05) is 12.1 Å². The van der Waals surface area contributed by atoms with Crippen molar-refractivity contribution < 1.29 is 18.3 Å². The smallest absolute Gasteiger partial charge is 0.323 e. The van der Waals surface area contributed by atoms with Crippen LogP contribution in [0.15, 0.2) is 42.5 Å². The molecule has 0 aromatic heterocycles. The van der Waals surface area contributed by atoms with Crippen molar-refractivity contribution in [2.45, 2.75) is 0 Å². The molecule has 0 saturated heterocycles. The Morgan fingerprint density at radius 2 is 1.90 bits per heavy atom. The number of anilines is 2. The van der Waals surface area contributed by atoms with Crippen molar-refractivity contribution in [3.63, 3.8) is 0 Å². The molecule has 2 aromatic carbocycles. The molecule has 0 spiro atoms. The topological polar surface area (TPSA) is 55.6 Å². The summed E-state index contributed by atoms with van der Waals surface area (Å²) < 4.78 is 32.1. The van der Waals surface area contributed by atoms with Crippen LogP contribution in [0.3, 0.4) is 0 Å². The molecule has 0 saturated carbocycles. The Hall–Kier alpha value is -2.63. The zero-order valence-electron chi connectivity index (χ0n) is 10.6. The Balaban J connectivity index is 2.56. The number of hydrogen-bond donors (Lipinski definition) is 1. The van der Waals surface area contributed by atoms with Gasteiger partial charge in [0.2, 0.25) is 0 Å². The van der Waals surface area contributed by atoms with Gasteiger partial charge in [-0.05, 0) is 24.3 Å². The lowest BCUT2D eigenvalue weighted by Crippen LogP contribution is -2.32. The number of ether oxygens (including phenoxy) is 1. The summed E-state index contributed by atoms with van der Waals surface area (Å²) in [6, 6.07) is 8.90. The van der Waals surface area contributed by atoms with Gasteiger partial charge >= 0.3 is 6.03 Å². The molecule has 2 aromatic rings. The fraction of sp³-hybridized carbons (Fsp3) is 0.0714. The van der Waals surface area contributed by atoms with E-state index in [1.165, 1.54) is 31.4 Å². The molecule has 104 valence electrons. The van der Waals surface area contributed by atoms with E-state index in [-0.39, 0.29) is 11.4 Å². The summed E-state index contributed by atoms with van der Waals surface area (Å²) in [7, 11) is 1.45. The van der Waals surface area contributed by atoms with E-state index in [1.807, 2.05) is 0 Å². The minimum Gasteiger partial charge on any atom is -0.497 e. The standard InChI is InChI=1S/C14H12F2N2O2/c1-20-10-5-2-4-9(8-10)18(14(17)19)12-7-3-6-11(15)13(12)16/h2-8H,1H3,(H2,17,19). The second-order valence-corrected chi connectivity index (χ2v) is 3.95. The molecule has 0 aliphatic heterocycles. The van der Waals surface area contributed by atoms with E-state index in [9.17, 15) is 13.6 Å². The van der Waals surface area contributed by atoms with Crippen LogP contribution < -0.4 is 15.4 Å². The second kappa shape index (κ2) is 5.56. The Morgan fingerprint density at radius 3 is 2.55 bits per heavy atom. The molecule has 0 aliphatic rings. The molecule has 2 rings (SSSR count). The Bertz CT molecular complexity index is 647. The molecule has 2 amide bonds. The van der Waals surface area contributed by atoms with Gasteiger partial charge in [0, 0.05) is 6.07 Å². The minimum atomic E-state index is -1.14. The molecular weight excluding hydrogens is 266 g/mol. The third kappa shape index (κ3) is 2.54. The predicted molar refractivity (Wildman–Crippen MR) is 71.1 cm³/mol. The molecule has 4 nitrogen and oxygen atoms in total. The average molecular weight is 278 g/mol. The number of carbonyl (C=O) groups excluding carboxylic acids is 1. The quantitative estimate of drug-likeness (QED) is 0.937. The first-order valence-corrected chi connectivity index (χ1v) is 5.72. The van der Waals surface area contributed by atoms with Crippen LogP contribution in [-0.2, 0) is 0 Å². The van der Waals surface area contributed by atoms with Crippen LogP contribution in [0.2, 0.25) is 0 Å². The number of urea groups is 1. The highest BCUT2D eigenvalue weighted by molar-refractivity contribution is 5.98. The molecule has 6 heteroatoms. The van der Waals surface area contributed by atoms with Crippen LogP contribution in [0.4, 0.5) is 25.0 Å². The van der Waals surface area contributed by atoms with E-state index in [4.69, 9.17) is 10.5 Å². The Labute approximate surface area is 114 Å². The van der Waals surface area contributed by atoms with Crippen LogP contribution in [0.5, 0.6) is 5.75 Å². The zero-order chi connectivity index (χ0) is 14.7. The van der Waals surface area contributed by atoms with Crippen molar-refractivity contribution >= 4 is 17.4 Å². The fourth-order valence-corrected chi connectivity index (χ4v) is 1.80. The first-order chi connectivity index (χ1) is 9.54. The third-order valence-electron chi connectivity index (χ3n) is 2.70. The summed E-state index contributed by atoms with van der Waals surface area (Å²) in [6.45, 7) is 0. The normalized spacial score (nSPS) is 10.2. The molecular formula is C14H12F2N2O2. The van der Waals surface area contributed by atoms with Crippen molar-refractivity contribution in [1.29, 1.82) is 0 Å². The van der Waals surface area contributed by atoms with Crippen LogP contribution in [0, 0.1) is 11.6 Å². The number of halogens is 2. The van der Waals surface area contributed by atoms with Gasteiger partial charge in [0.15, 0.2) is 11.6 Å². The Kier molecular flexibility index (Phi) is 3.84. The van der Waals surface area contributed by atoms with Gasteiger partial charge in [-0.3, -0.25) is 4.90 Å². The lowest BCUT2D eigenvalue weighted by Gasteiger charge is -2.21. The maximum absolute atomic E-state index is 13.8. The lowest BCUT2D eigenvalue weighted by atomic mass is 10.2. The van der Waals surface area contributed by atoms with E-state index in [1.54, 1.807) is 12.1 Å². The molecule has 0 radical (unpaired) electrons. The molecule has 0 aliphatic carbocycles. The van der Waals surface area contributed by atoms with E-state index >= 15 is 0 Å². The van der Waals surface area contributed by atoms with Crippen molar-refractivity contribution in [3.05, 3.63) is 54.1 Å². The second-order valence-electron chi connectivity index (χ2n) is 3.95. The van der Waals surface area contributed by atoms with Gasteiger partial charge in [0.1, 0.15) is 5.75 Å². The van der Waals surface area contributed by atoms with Crippen LogP contribution in [0.1, 0.15) is 0 Å². The highest BCUT2D eigenvalue weighted by atomic mass is 19.2. The fourth-order valence-electron chi connectivity index (χ4n) is 1.80. The molecule has 2 N–H and O–H groups in total. The number of methoxy groups -OCH3 is 1. The van der Waals surface area contributed by atoms with Crippen molar-refractivity contribution in [2.75, 3.05) is 12.0 Å². The van der Waals surface area contributed by atoms with Gasteiger partial charge in [0.25, 0.3) is 0 Å². The summed E-state index contributed by atoms with van der Waals surface area (Å²) in [5.74, 6) is -1.74. The first kappa shape index (κ1) is 13.8. The highest BCUT2D eigenvalue weighted by Crippen LogP contribution is 2.30. The number of benzene rings is 2. The maximum atomic E-state index is 13.8. The molecule has 0 heterocycles. The molecule has 0 fully saturated rings. The number of hydrogen-bond acceptors (Lipinski definition) is 2. The zero-order valence-corrected chi connectivity index (χ0v) is 10.6. The maximum Gasteiger partial charge on any atom is 0.323 e. The largest absolute Gasteiger partial charge is 0.497 e. The van der Waals surface area contributed by atoms with Gasteiger partial charge in [-0.25, -0.2) is 13.6 Å².